The van der Waals surface area contributed by atoms with Crippen LogP contribution in [0.2, 0.25) is 5.02 Å². The highest BCUT2D eigenvalue weighted by Gasteiger charge is 2.29. The summed E-state index contributed by atoms with van der Waals surface area (Å²) in [6.07, 6.45) is 0.979. The van der Waals surface area contributed by atoms with Gasteiger partial charge in [0, 0.05) is 36.5 Å². The van der Waals surface area contributed by atoms with E-state index in [2.05, 4.69) is 5.10 Å². The first-order chi connectivity index (χ1) is 11.0. The summed E-state index contributed by atoms with van der Waals surface area (Å²) in [4.78, 5) is 25.1. The molecular formula is C16H16ClN3O3. The maximum Gasteiger partial charge on any atom is 0.356 e. The Morgan fingerprint density at radius 1 is 1.30 bits per heavy atom. The highest BCUT2D eigenvalue weighted by Crippen LogP contribution is 2.26. The van der Waals surface area contributed by atoms with E-state index in [-0.39, 0.29) is 18.1 Å². The van der Waals surface area contributed by atoms with E-state index in [1.807, 2.05) is 0 Å². The summed E-state index contributed by atoms with van der Waals surface area (Å²) < 4.78 is 1.64. The van der Waals surface area contributed by atoms with Gasteiger partial charge < -0.3 is 10.0 Å². The molecule has 0 spiro atoms. The Bertz CT molecular complexity index is 768. The lowest BCUT2D eigenvalue weighted by Gasteiger charge is -2.27. The van der Waals surface area contributed by atoms with Gasteiger partial charge in [-0.25, -0.2) is 9.48 Å². The lowest BCUT2D eigenvalue weighted by atomic mass is 10.0. The predicted octanol–water partition coefficient (Wildman–Crippen LogP) is 2.52. The van der Waals surface area contributed by atoms with Crippen molar-refractivity contribution in [1.82, 2.24) is 14.7 Å². The standard InChI is InChI=1S/C16H16ClN3O3/c1-2-14(21)19-8-7-13-12(9-19)15(16(22)23)18-20(13)11-5-3-10(17)4-6-11/h3-6H,2,7-9H2,1H3,(H,22,23). The molecule has 3 rings (SSSR count). The number of hydrogen-bond acceptors (Lipinski definition) is 3. The van der Waals surface area contributed by atoms with Crippen LogP contribution < -0.4 is 0 Å². The summed E-state index contributed by atoms with van der Waals surface area (Å²) in [6.45, 7) is 2.66. The van der Waals surface area contributed by atoms with E-state index in [9.17, 15) is 14.7 Å². The van der Waals surface area contributed by atoms with Crippen LogP contribution in [0.5, 0.6) is 0 Å². The highest BCUT2D eigenvalue weighted by molar-refractivity contribution is 6.30. The Hall–Kier alpha value is -2.34. The van der Waals surface area contributed by atoms with Gasteiger partial charge in [0.15, 0.2) is 5.69 Å². The van der Waals surface area contributed by atoms with Crippen molar-refractivity contribution in [3.8, 4) is 5.69 Å². The van der Waals surface area contributed by atoms with E-state index in [0.717, 1.165) is 11.4 Å². The van der Waals surface area contributed by atoms with E-state index in [1.165, 1.54) is 0 Å². The third-order valence-electron chi connectivity index (χ3n) is 3.99. The topological polar surface area (TPSA) is 75.4 Å². The van der Waals surface area contributed by atoms with Crippen molar-refractivity contribution in [3.63, 3.8) is 0 Å². The first kappa shape index (κ1) is 15.6. The van der Waals surface area contributed by atoms with Crippen LogP contribution in [0.25, 0.3) is 5.69 Å². The van der Waals surface area contributed by atoms with Gasteiger partial charge >= 0.3 is 5.97 Å². The molecule has 2 heterocycles. The minimum absolute atomic E-state index is 0.00329. The van der Waals surface area contributed by atoms with Crippen LogP contribution in [0.3, 0.4) is 0 Å². The average Bonchev–Trinajstić information content (AvgIpc) is 2.93. The van der Waals surface area contributed by atoms with E-state index in [4.69, 9.17) is 11.6 Å². The van der Waals surface area contributed by atoms with Crippen LogP contribution in [-0.4, -0.2) is 38.2 Å². The first-order valence-electron chi connectivity index (χ1n) is 7.39. The van der Waals surface area contributed by atoms with Gasteiger partial charge in [-0.3, -0.25) is 4.79 Å². The molecule has 23 heavy (non-hydrogen) atoms. The zero-order chi connectivity index (χ0) is 16.6. The maximum absolute atomic E-state index is 11.9. The molecule has 6 nitrogen and oxygen atoms in total. The summed E-state index contributed by atoms with van der Waals surface area (Å²) in [5, 5.41) is 14.3. The molecule has 1 amide bonds. The van der Waals surface area contributed by atoms with Gasteiger partial charge in [-0.1, -0.05) is 18.5 Å². The van der Waals surface area contributed by atoms with Gasteiger partial charge in [-0.05, 0) is 24.3 Å². The number of aromatic carboxylic acids is 1. The fourth-order valence-electron chi connectivity index (χ4n) is 2.82. The summed E-state index contributed by atoms with van der Waals surface area (Å²) in [6, 6.07) is 7.07. The molecule has 1 aromatic heterocycles. The van der Waals surface area contributed by atoms with Crippen molar-refractivity contribution in [2.24, 2.45) is 0 Å². The number of hydrogen-bond donors (Lipinski definition) is 1. The normalized spacial score (nSPS) is 13.7. The van der Waals surface area contributed by atoms with E-state index >= 15 is 0 Å². The second kappa shape index (κ2) is 6.04. The summed E-state index contributed by atoms with van der Waals surface area (Å²) in [5.74, 6) is -1.06. The molecule has 1 N–H and O–H groups in total. The molecule has 0 aliphatic carbocycles. The summed E-state index contributed by atoms with van der Waals surface area (Å²) >= 11 is 5.90. The van der Waals surface area contributed by atoms with Gasteiger partial charge in [0.1, 0.15) is 0 Å². The number of fused-ring (bicyclic) bond motifs is 1. The quantitative estimate of drug-likeness (QED) is 0.936. The number of rotatable bonds is 3. The molecule has 7 heteroatoms. The Labute approximate surface area is 138 Å². The lowest BCUT2D eigenvalue weighted by Crippen LogP contribution is -2.36. The highest BCUT2D eigenvalue weighted by atomic mass is 35.5. The van der Waals surface area contributed by atoms with Gasteiger partial charge in [-0.2, -0.15) is 5.10 Å². The lowest BCUT2D eigenvalue weighted by molar-refractivity contribution is -0.131. The zero-order valence-corrected chi connectivity index (χ0v) is 13.4. The second-order valence-corrected chi connectivity index (χ2v) is 5.82. The molecule has 0 atom stereocenters. The van der Waals surface area contributed by atoms with Gasteiger partial charge in [0.05, 0.1) is 11.4 Å². The van der Waals surface area contributed by atoms with Crippen LogP contribution in [-0.2, 0) is 17.8 Å². The molecular weight excluding hydrogens is 318 g/mol. The molecule has 1 aromatic carbocycles. The SMILES string of the molecule is CCC(=O)N1CCc2c(c(C(=O)O)nn2-c2ccc(Cl)cc2)C1. The van der Waals surface area contributed by atoms with Crippen molar-refractivity contribution in [2.75, 3.05) is 6.54 Å². The molecule has 120 valence electrons. The number of halogens is 1. The number of benzene rings is 1. The zero-order valence-electron chi connectivity index (χ0n) is 12.6. The summed E-state index contributed by atoms with van der Waals surface area (Å²) in [5.41, 5.74) is 2.21. The van der Waals surface area contributed by atoms with Crippen molar-refractivity contribution < 1.29 is 14.7 Å². The Balaban J connectivity index is 2.06. The maximum atomic E-state index is 11.9. The Kier molecular flexibility index (Phi) is 4.09. The van der Waals surface area contributed by atoms with E-state index < -0.39 is 5.97 Å². The van der Waals surface area contributed by atoms with E-state index in [0.29, 0.717) is 30.0 Å². The fourth-order valence-corrected chi connectivity index (χ4v) is 2.95. The minimum Gasteiger partial charge on any atom is -0.476 e. The molecule has 1 aliphatic rings. The molecule has 0 radical (unpaired) electrons. The Morgan fingerprint density at radius 2 is 2.00 bits per heavy atom. The van der Waals surface area contributed by atoms with E-state index in [1.54, 1.807) is 40.8 Å². The molecule has 0 unspecified atom stereocenters. The van der Waals surface area contributed by atoms with Gasteiger partial charge in [0.25, 0.3) is 0 Å². The second-order valence-electron chi connectivity index (χ2n) is 5.39. The third-order valence-corrected chi connectivity index (χ3v) is 4.24. The number of nitrogens with zero attached hydrogens (tertiary/aromatic N) is 3. The number of amides is 1. The van der Waals surface area contributed by atoms with Crippen LogP contribution in [0.4, 0.5) is 0 Å². The number of carbonyl (C=O) groups is 2. The van der Waals surface area contributed by atoms with Crippen LogP contribution in [0.1, 0.15) is 35.1 Å². The summed E-state index contributed by atoms with van der Waals surface area (Å²) in [7, 11) is 0. The first-order valence-corrected chi connectivity index (χ1v) is 7.76. The number of carbonyl (C=O) groups excluding carboxylic acids is 1. The van der Waals surface area contributed by atoms with Gasteiger partial charge in [-0.15, -0.1) is 0 Å². The third kappa shape index (κ3) is 2.82. The minimum atomic E-state index is -1.08. The molecule has 0 saturated carbocycles. The van der Waals surface area contributed by atoms with Crippen LogP contribution >= 0.6 is 11.6 Å². The largest absolute Gasteiger partial charge is 0.476 e. The van der Waals surface area contributed by atoms with Crippen molar-refractivity contribution in [1.29, 1.82) is 0 Å². The molecule has 1 aliphatic heterocycles. The molecule has 0 saturated heterocycles. The fraction of sp³-hybridized carbons (Fsp3) is 0.312. The van der Waals surface area contributed by atoms with Crippen molar-refractivity contribution in [3.05, 3.63) is 46.2 Å². The molecule has 0 bridgehead atoms. The van der Waals surface area contributed by atoms with Gasteiger partial charge in [0.2, 0.25) is 5.91 Å². The molecule has 2 aromatic rings. The van der Waals surface area contributed by atoms with Crippen LogP contribution in [0, 0.1) is 0 Å². The average molecular weight is 334 g/mol. The predicted molar refractivity (Wildman–Crippen MR) is 84.9 cm³/mol. The monoisotopic (exact) mass is 333 g/mol. The number of aromatic nitrogens is 2. The van der Waals surface area contributed by atoms with Crippen LogP contribution in [0.15, 0.2) is 24.3 Å². The Morgan fingerprint density at radius 3 is 2.61 bits per heavy atom. The van der Waals surface area contributed by atoms with Crippen molar-refractivity contribution >= 4 is 23.5 Å². The number of carboxylic acid groups (broad SMARTS) is 1. The smallest absolute Gasteiger partial charge is 0.356 e. The molecule has 0 fully saturated rings. The van der Waals surface area contributed by atoms with Crippen molar-refractivity contribution in [2.45, 2.75) is 26.3 Å². The number of carboxylic acids is 1.